The van der Waals surface area contributed by atoms with Gasteiger partial charge in [0, 0.05) is 12.6 Å². The molecule has 1 saturated heterocycles. The van der Waals surface area contributed by atoms with Crippen LogP contribution in [-0.4, -0.2) is 72.3 Å². The van der Waals surface area contributed by atoms with E-state index in [2.05, 4.69) is 10.3 Å². The van der Waals surface area contributed by atoms with Gasteiger partial charge in [-0.1, -0.05) is 36.2 Å². The Balaban J connectivity index is 1.70. The number of halogens is 2. The van der Waals surface area contributed by atoms with Gasteiger partial charge in [0.15, 0.2) is 11.6 Å². The minimum atomic E-state index is -4.15. The molecule has 1 amide bonds. The van der Waals surface area contributed by atoms with Crippen LogP contribution < -0.4 is 14.4 Å². The van der Waals surface area contributed by atoms with Crippen molar-refractivity contribution in [1.82, 2.24) is 9.29 Å². The van der Waals surface area contributed by atoms with Crippen molar-refractivity contribution in [3.05, 3.63) is 45.9 Å². The zero-order valence-corrected chi connectivity index (χ0v) is 21.2. The Morgan fingerprint density at radius 3 is 2.51 bits per heavy atom. The van der Waals surface area contributed by atoms with Gasteiger partial charge in [0.05, 0.1) is 35.4 Å². The fraction of sp³-hybridized carbons (Fsp3) is 0.455. The number of piperidine rings is 1. The highest BCUT2D eigenvalue weighted by molar-refractivity contribution is 7.90. The van der Waals surface area contributed by atoms with Crippen LogP contribution in [0, 0.1) is 5.92 Å². The van der Waals surface area contributed by atoms with E-state index >= 15 is 0 Å². The number of hydrogen-bond acceptors (Lipinski definition) is 7. The lowest BCUT2D eigenvalue weighted by molar-refractivity contribution is 0.102. The van der Waals surface area contributed by atoms with E-state index in [0.29, 0.717) is 6.42 Å². The molecule has 13 heteroatoms. The first-order valence-corrected chi connectivity index (χ1v) is 13.2. The molecule has 0 spiro atoms. The number of ether oxygens (including phenoxy) is 1. The topological polar surface area (TPSA) is 132 Å². The Morgan fingerprint density at radius 2 is 1.86 bits per heavy atom. The smallest absolute Gasteiger partial charge is 0.305 e. The second-order valence-corrected chi connectivity index (χ2v) is 11.2. The summed E-state index contributed by atoms with van der Waals surface area (Å²) in [5, 5.41) is 22.4. The second-order valence-electron chi connectivity index (χ2n) is 8.62. The van der Waals surface area contributed by atoms with Gasteiger partial charge < -0.3 is 20.3 Å². The third kappa shape index (κ3) is 5.20. The molecule has 2 aliphatic heterocycles. The molecular formula is C22H26Cl2N4O6S. The van der Waals surface area contributed by atoms with Crippen LogP contribution in [0.15, 0.2) is 30.3 Å². The number of nitrogens with zero attached hydrogens (tertiary/aromatic N) is 3. The molecule has 1 aromatic carbocycles. The number of carbonyl (C=O) groups excluding carboxylic acids is 1. The Kier molecular flexibility index (Phi) is 7.74. The normalized spacial score (nSPS) is 22.9. The molecule has 3 N–H and O–H groups in total. The SMILES string of the molecule is C[C@H]1CC[C@H](CO)N(S(=O)(=O)N2C[C@H](CO)Oc3ccc(NC(=O)c4c(Cl)cccc4Cl)nc32)C1. The molecule has 0 aliphatic carbocycles. The van der Waals surface area contributed by atoms with Crippen LogP contribution in [0.25, 0.3) is 0 Å². The summed E-state index contributed by atoms with van der Waals surface area (Å²) >= 11 is 12.2. The minimum absolute atomic E-state index is 0.0346. The van der Waals surface area contributed by atoms with E-state index in [1.165, 1.54) is 28.6 Å². The van der Waals surface area contributed by atoms with Crippen LogP contribution in [0.4, 0.5) is 11.6 Å². The second kappa shape index (κ2) is 10.5. The maximum absolute atomic E-state index is 13.8. The van der Waals surface area contributed by atoms with Crippen molar-refractivity contribution in [2.24, 2.45) is 5.92 Å². The Hall–Kier alpha value is -2.15. The van der Waals surface area contributed by atoms with Crippen LogP contribution in [0.5, 0.6) is 5.75 Å². The van der Waals surface area contributed by atoms with Crippen molar-refractivity contribution in [1.29, 1.82) is 0 Å². The highest BCUT2D eigenvalue weighted by atomic mass is 35.5. The first-order chi connectivity index (χ1) is 16.6. The number of pyridine rings is 1. The van der Waals surface area contributed by atoms with Crippen LogP contribution in [0.2, 0.25) is 10.0 Å². The summed E-state index contributed by atoms with van der Waals surface area (Å²) in [4.78, 5) is 17.2. The summed E-state index contributed by atoms with van der Waals surface area (Å²) in [6, 6.07) is 7.01. The fourth-order valence-electron chi connectivity index (χ4n) is 4.22. The van der Waals surface area contributed by atoms with Gasteiger partial charge in [0.25, 0.3) is 5.91 Å². The molecule has 4 rings (SSSR count). The van der Waals surface area contributed by atoms with Crippen LogP contribution >= 0.6 is 23.2 Å². The molecule has 2 aliphatic rings. The van der Waals surface area contributed by atoms with Gasteiger partial charge >= 0.3 is 10.2 Å². The number of nitrogens with one attached hydrogen (secondary N) is 1. The average molecular weight is 545 g/mol. The van der Waals surface area contributed by atoms with E-state index in [-0.39, 0.29) is 58.6 Å². The Labute approximate surface area is 213 Å². The molecule has 3 heterocycles. The van der Waals surface area contributed by atoms with E-state index in [1.54, 1.807) is 6.07 Å². The van der Waals surface area contributed by atoms with Gasteiger partial charge in [-0.2, -0.15) is 12.7 Å². The number of fused-ring (bicyclic) bond motifs is 1. The van der Waals surface area contributed by atoms with E-state index in [9.17, 15) is 23.4 Å². The van der Waals surface area contributed by atoms with E-state index < -0.39 is 34.9 Å². The largest absolute Gasteiger partial charge is 0.482 e. The number of benzene rings is 1. The molecule has 0 saturated carbocycles. The van der Waals surface area contributed by atoms with Crippen LogP contribution in [-0.2, 0) is 10.2 Å². The number of aliphatic hydroxyl groups is 2. The first kappa shape index (κ1) is 25.9. The summed E-state index contributed by atoms with van der Waals surface area (Å²) < 4.78 is 35.6. The zero-order valence-electron chi connectivity index (χ0n) is 18.9. The third-order valence-electron chi connectivity index (χ3n) is 6.05. The van der Waals surface area contributed by atoms with Gasteiger partial charge in [-0.3, -0.25) is 4.79 Å². The van der Waals surface area contributed by atoms with Crippen molar-refractivity contribution in [2.45, 2.75) is 31.9 Å². The van der Waals surface area contributed by atoms with Gasteiger partial charge in [-0.25, -0.2) is 9.29 Å². The lowest BCUT2D eigenvalue weighted by Gasteiger charge is -2.42. The number of amides is 1. The lowest BCUT2D eigenvalue weighted by atomic mass is 9.97. The van der Waals surface area contributed by atoms with Gasteiger partial charge in [0.1, 0.15) is 11.9 Å². The summed E-state index contributed by atoms with van der Waals surface area (Å²) in [5.74, 6) is -0.342. The summed E-state index contributed by atoms with van der Waals surface area (Å²) in [5.41, 5.74) is 0.0597. The molecule has 2 aromatic rings. The summed E-state index contributed by atoms with van der Waals surface area (Å²) in [6.45, 7) is 1.29. The zero-order chi connectivity index (χ0) is 25.3. The van der Waals surface area contributed by atoms with Gasteiger partial charge in [0.2, 0.25) is 0 Å². The Morgan fingerprint density at radius 1 is 1.14 bits per heavy atom. The van der Waals surface area contributed by atoms with Crippen LogP contribution in [0.3, 0.4) is 0 Å². The molecule has 10 nitrogen and oxygen atoms in total. The predicted molar refractivity (Wildman–Crippen MR) is 132 cm³/mol. The monoisotopic (exact) mass is 544 g/mol. The molecule has 1 aromatic heterocycles. The number of carbonyl (C=O) groups is 1. The van der Waals surface area contributed by atoms with Crippen molar-refractivity contribution >= 4 is 51.0 Å². The quantitative estimate of drug-likeness (QED) is 0.508. The number of aromatic nitrogens is 1. The summed E-state index contributed by atoms with van der Waals surface area (Å²) in [6.07, 6.45) is 0.519. The molecular weight excluding hydrogens is 519 g/mol. The number of rotatable bonds is 6. The third-order valence-corrected chi connectivity index (χ3v) is 8.60. The van der Waals surface area contributed by atoms with Crippen molar-refractivity contribution in [3.8, 4) is 5.75 Å². The van der Waals surface area contributed by atoms with E-state index in [0.717, 1.165) is 10.7 Å². The van der Waals surface area contributed by atoms with Crippen molar-refractivity contribution in [2.75, 3.05) is 35.9 Å². The molecule has 3 atom stereocenters. The van der Waals surface area contributed by atoms with Crippen molar-refractivity contribution < 1.29 is 28.2 Å². The van der Waals surface area contributed by atoms with Crippen LogP contribution in [0.1, 0.15) is 30.1 Å². The molecule has 1 fully saturated rings. The maximum Gasteiger partial charge on any atom is 0.305 e. The maximum atomic E-state index is 13.8. The van der Waals surface area contributed by atoms with E-state index in [4.69, 9.17) is 27.9 Å². The van der Waals surface area contributed by atoms with Crippen molar-refractivity contribution in [3.63, 3.8) is 0 Å². The first-order valence-electron chi connectivity index (χ1n) is 11.1. The van der Waals surface area contributed by atoms with Gasteiger partial charge in [-0.05, 0) is 43.0 Å². The molecule has 0 bridgehead atoms. The predicted octanol–water partition coefficient (Wildman–Crippen LogP) is 2.54. The standard InChI is InChI=1S/C22H26Cl2N4O6S/c1-13-5-6-14(11-29)27(9-13)35(32,33)28-10-15(12-30)34-18-7-8-19(25-21(18)28)26-22(31)20-16(23)3-2-4-17(20)24/h2-4,7-8,13-15,29-30H,5-6,9-12H2,1H3,(H,25,26,31)/t13-,14+,15+/m0/s1. The van der Waals surface area contributed by atoms with E-state index in [1.807, 2.05) is 6.92 Å². The Bertz CT molecular complexity index is 1190. The molecule has 0 radical (unpaired) electrons. The minimum Gasteiger partial charge on any atom is -0.482 e. The highest BCUT2D eigenvalue weighted by Crippen LogP contribution is 2.37. The number of anilines is 2. The number of aliphatic hydroxyl groups excluding tert-OH is 2. The lowest BCUT2D eigenvalue weighted by Crippen LogP contribution is -2.56. The number of hydrogen-bond donors (Lipinski definition) is 3. The average Bonchev–Trinajstić information content (AvgIpc) is 2.83. The van der Waals surface area contributed by atoms with Gasteiger partial charge in [-0.15, -0.1) is 0 Å². The molecule has 190 valence electrons. The highest BCUT2D eigenvalue weighted by Gasteiger charge is 2.42. The summed E-state index contributed by atoms with van der Waals surface area (Å²) in [7, 11) is -4.15. The molecule has 35 heavy (non-hydrogen) atoms. The molecule has 0 unspecified atom stereocenters. The fourth-order valence-corrected chi connectivity index (χ4v) is 6.73.